The zero-order valence-electron chi connectivity index (χ0n) is 21.8. The number of aromatic hydroxyl groups is 1. The van der Waals surface area contributed by atoms with Crippen LogP contribution in [-0.4, -0.2) is 44.8 Å². The fourth-order valence-corrected chi connectivity index (χ4v) is 8.44. The zero-order valence-corrected chi connectivity index (χ0v) is 21.8. The number of hydrogen-bond donors (Lipinski definition) is 3. The first-order chi connectivity index (χ1) is 19.0. The maximum Gasteiger partial charge on any atom is 0.166 e. The molecular formula is C33H32N2O4. The van der Waals surface area contributed by atoms with Gasteiger partial charge in [-0.15, -0.1) is 0 Å². The summed E-state index contributed by atoms with van der Waals surface area (Å²) in [6.45, 7) is 2.53. The van der Waals surface area contributed by atoms with Crippen LogP contribution in [0.4, 0.5) is 0 Å². The summed E-state index contributed by atoms with van der Waals surface area (Å²) in [5.74, 6) is 2.32. The third kappa shape index (κ3) is 2.88. The lowest BCUT2D eigenvalue weighted by atomic mass is 9.49. The van der Waals surface area contributed by atoms with Crippen molar-refractivity contribution in [2.24, 2.45) is 5.92 Å². The van der Waals surface area contributed by atoms with E-state index < -0.39 is 11.0 Å². The first-order valence-corrected chi connectivity index (χ1v) is 14.3. The molecule has 1 spiro atoms. The maximum absolute atomic E-state index is 13.0. The van der Waals surface area contributed by atoms with E-state index in [2.05, 4.69) is 40.2 Å². The summed E-state index contributed by atoms with van der Waals surface area (Å²) >= 11 is 0. The van der Waals surface area contributed by atoms with Gasteiger partial charge in [0.15, 0.2) is 17.6 Å². The molecular weight excluding hydrogens is 488 g/mol. The zero-order chi connectivity index (χ0) is 25.9. The van der Waals surface area contributed by atoms with E-state index in [0.717, 1.165) is 70.9 Å². The number of ether oxygens (including phenoxy) is 2. The Morgan fingerprint density at radius 1 is 1.08 bits per heavy atom. The molecule has 4 aromatic rings. The number of likely N-dealkylation sites (tertiary alicyclic amines) is 1. The SMILES string of the molecule is Oc1ccc2c3c1O[C@H]1c4[nH]c5cc(OCc6ccccc6)ccc5c4C[C@@]4(O)[C@@H](C2)N(CC2CC2)CC[C@]314. The van der Waals surface area contributed by atoms with Gasteiger partial charge in [-0.3, -0.25) is 4.90 Å². The van der Waals surface area contributed by atoms with Crippen LogP contribution >= 0.6 is 0 Å². The van der Waals surface area contributed by atoms with Crippen molar-refractivity contribution in [3.63, 3.8) is 0 Å². The fourth-order valence-electron chi connectivity index (χ4n) is 8.44. The summed E-state index contributed by atoms with van der Waals surface area (Å²) in [7, 11) is 0. The molecule has 2 bridgehead atoms. The van der Waals surface area contributed by atoms with Crippen molar-refractivity contribution < 1.29 is 19.7 Å². The van der Waals surface area contributed by atoms with E-state index in [1.807, 2.05) is 24.3 Å². The molecule has 198 valence electrons. The summed E-state index contributed by atoms with van der Waals surface area (Å²) in [4.78, 5) is 6.27. The van der Waals surface area contributed by atoms with Crippen LogP contribution in [0.25, 0.3) is 10.9 Å². The number of H-pyrrole nitrogens is 1. The summed E-state index contributed by atoms with van der Waals surface area (Å²) in [6.07, 6.45) is 4.43. The smallest absolute Gasteiger partial charge is 0.166 e. The van der Waals surface area contributed by atoms with E-state index in [-0.39, 0.29) is 17.9 Å². The summed E-state index contributed by atoms with van der Waals surface area (Å²) < 4.78 is 12.8. The highest BCUT2D eigenvalue weighted by atomic mass is 16.5. The molecule has 5 aliphatic rings. The lowest BCUT2D eigenvalue weighted by Gasteiger charge is -2.62. The molecule has 3 aliphatic carbocycles. The molecule has 3 N–H and O–H groups in total. The molecule has 0 radical (unpaired) electrons. The number of phenols is 1. The lowest BCUT2D eigenvalue weighted by molar-refractivity contribution is -0.173. The highest BCUT2D eigenvalue weighted by Gasteiger charge is 2.72. The third-order valence-electron chi connectivity index (χ3n) is 10.4. The average Bonchev–Trinajstić information content (AvgIpc) is 3.59. The van der Waals surface area contributed by atoms with Crippen LogP contribution in [0.3, 0.4) is 0 Å². The molecule has 1 saturated carbocycles. The van der Waals surface area contributed by atoms with E-state index in [9.17, 15) is 10.2 Å². The Bertz CT molecular complexity index is 1640. The second-order valence-electron chi connectivity index (χ2n) is 12.4. The largest absolute Gasteiger partial charge is 0.504 e. The van der Waals surface area contributed by atoms with Crippen LogP contribution in [0.5, 0.6) is 17.2 Å². The topological polar surface area (TPSA) is 78.0 Å². The first-order valence-electron chi connectivity index (χ1n) is 14.3. The van der Waals surface area contributed by atoms with Crippen molar-refractivity contribution in [2.75, 3.05) is 13.1 Å². The molecule has 3 aromatic carbocycles. The molecule has 1 saturated heterocycles. The molecule has 39 heavy (non-hydrogen) atoms. The Morgan fingerprint density at radius 3 is 2.79 bits per heavy atom. The van der Waals surface area contributed by atoms with Crippen LogP contribution in [-0.2, 0) is 24.9 Å². The Morgan fingerprint density at radius 2 is 1.95 bits per heavy atom. The molecule has 2 aliphatic heterocycles. The van der Waals surface area contributed by atoms with Gasteiger partial charge in [0, 0.05) is 41.5 Å². The molecule has 6 heteroatoms. The highest BCUT2D eigenvalue weighted by Crippen LogP contribution is 2.69. The highest BCUT2D eigenvalue weighted by molar-refractivity contribution is 5.87. The van der Waals surface area contributed by atoms with Crippen molar-refractivity contribution in [2.45, 2.75) is 61.9 Å². The molecule has 4 atom stereocenters. The van der Waals surface area contributed by atoms with Gasteiger partial charge in [0.1, 0.15) is 12.4 Å². The van der Waals surface area contributed by atoms with E-state index in [1.54, 1.807) is 6.07 Å². The first kappa shape index (κ1) is 22.3. The molecule has 3 heterocycles. The normalized spacial score (nSPS) is 30.1. The number of aromatic nitrogens is 1. The maximum atomic E-state index is 13.0. The third-order valence-corrected chi connectivity index (χ3v) is 10.4. The minimum Gasteiger partial charge on any atom is -0.504 e. The number of phenolic OH excluding ortho intramolecular Hbond substituents is 1. The van der Waals surface area contributed by atoms with Gasteiger partial charge in [-0.1, -0.05) is 36.4 Å². The second kappa shape index (κ2) is 7.58. The van der Waals surface area contributed by atoms with Crippen LogP contribution < -0.4 is 9.47 Å². The molecule has 9 rings (SSSR count). The number of aliphatic hydroxyl groups is 1. The number of rotatable bonds is 5. The predicted octanol–water partition coefficient (Wildman–Crippen LogP) is 5.15. The van der Waals surface area contributed by atoms with Crippen LogP contribution in [0.15, 0.2) is 60.7 Å². The number of nitrogens with zero attached hydrogens (tertiary/aromatic N) is 1. The van der Waals surface area contributed by atoms with E-state index >= 15 is 0 Å². The second-order valence-corrected chi connectivity index (χ2v) is 12.4. The van der Waals surface area contributed by atoms with E-state index in [4.69, 9.17) is 9.47 Å². The van der Waals surface area contributed by atoms with Gasteiger partial charge in [0.25, 0.3) is 0 Å². The summed E-state index contributed by atoms with van der Waals surface area (Å²) in [6, 6.07) is 20.3. The Kier molecular flexibility index (Phi) is 4.35. The van der Waals surface area contributed by atoms with Crippen molar-refractivity contribution in [3.05, 3.63) is 88.6 Å². The van der Waals surface area contributed by atoms with Crippen LogP contribution in [0.1, 0.15) is 53.3 Å². The number of piperidine rings is 1. The van der Waals surface area contributed by atoms with Crippen LogP contribution in [0, 0.1) is 5.92 Å². The van der Waals surface area contributed by atoms with Gasteiger partial charge >= 0.3 is 0 Å². The lowest BCUT2D eigenvalue weighted by Crippen LogP contribution is -2.74. The number of hydrogen-bond acceptors (Lipinski definition) is 5. The molecule has 0 amide bonds. The van der Waals surface area contributed by atoms with Gasteiger partial charge in [0.2, 0.25) is 0 Å². The minimum atomic E-state index is -0.971. The molecule has 0 unspecified atom stereocenters. The Hall–Kier alpha value is -3.48. The van der Waals surface area contributed by atoms with Crippen molar-refractivity contribution in [1.29, 1.82) is 0 Å². The molecule has 6 nitrogen and oxygen atoms in total. The van der Waals surface area contributed by atoms with Gasteiger partial charge < -0.3 is 24.7 Å². The average molecular weight is 521 g/mol. The fraction of sp³-hybridized carbons (Fsp3) is 0.394. The Labute approximate surface area is 227 Å². The summed E-state index contributed by atoms with van der Waals surface area (Å²) in [5, 5.41) is 25.0. The van der Waals surface area contributed by atoms with Gasteiger partial charge in [-0.25, -0.2) is 0 Å². The van der Waals surface area contributed by atoms with Gasteiger partial charge in [-0.05, 0) is 73.0 Å². The molecule has 2 fully saturated rings. The quantitative estimate of drug-likeness (QED) is 0.339. The van der Waals surface area contributed by atoms with Crippen molar-refractivity contribution in [1.82, 2.24) is 9.88 Å². The minimum absolute atomic E-state index is 0.0347. The van der Waals surface area contributed by atoms with Gasteiger partial charge in [-0.2, -0.15) is 0 Å². The van der Waals surface area contributed by atoms with E-state index in [1.165, 1.54) is 18.4 Å². The summed E-state index contributed by atoms with van der Waals surface area (Å²) in [5.41, 5.74) is 5.03. The number of nitrogens with one attached hydrogen (secondary N) is 1. The number of fused-ring (bicyclic) bond motifs is 4. The monoisotopic (exact) mass is 520 g/mol. The van der Waals surface area contributed by atoms with Crippen molar-refractivity contribution in [3.8, 4) is 17.2 Å². The Balaban J connectivity index is 1.17. The number of benzene rings is 3. The van der Waals surface area contributed by atoms with Crippen molar-refractivity contribution >= 4 is 10.9 Å². The van der Waals surface area contributed by atoms with Crippen LogP contribution in [0.2, 0.25) is 0 Å². The predicted molar refractivity (Wildman–Crippen MR) is 147 cm³/mol. The number of aromatic amines is 1. The van der Waals surface area contributed by atoms with Gasteiger partial charge in [0.05, 0.1) is 16.7 Å². The molecule has 1 aromatic heterocycles. The standard InChI is InChI=1S/C33H32N2O4/c36-26-11-8-21-14-27-33(37)16-24-23-10-9-22(38-18-20-4-2-1-3-5-20)15-25(23)34-29(24)31-32(33,28(21)30(26)39-31)12-13-35(27)17-19-6-7-19/h1-5,8-11,15,19,27,31,34,36-37H,6-7,12-14,16-18H2/t27-,31+,32+,33-/m1/s1. The van der Waals surface area contributed by atoms with E-state index in [0.29, 0.717) is 18.8 Å².